The molecule has 20 heavy (non-hydrogen) atoms. The first kappa shape index (κ1) is 14.7. The zero-order valence-electron chi connectivity index (χ0n) is 12.1. The van der Waals surface area contributed by atoms with Crippen LogP contribution in [0, 0.1) is 0 Å². The molecule has 0 aromatic carbocycles. The van der Waals surface area contributed by atoms with Crippen molar-refractivity contribution >= 4 is 0 Å². The molecule has 0 saturated carbocycles. The average molecular weight is 274 g/mol. The highest BCUT2D eigenvalue weighted by atomic mass is 16.5. The molecule has 0 amide bonds. The summed E-state index contributed by atoms with van der Waals surface area (Å²) >= 11 is 0. The number of nitrogens with zero attached hydrogens (tertiary/aromatic N) is 3. The Kier molecular flexibility index (Phi) is 5.24. The lowest BCUT2D eigenvalue weighted by molar-refractivity contribution is 0.346. The van der Waals surface area contributed by atoms with Crippen molar-refractivity contribution in [1.29, 1.82) is 0 Å². The number of rotatable bonds is 7. The minimum atomic E-state index is 0.254. The summed E-state index contributed by atoms with van der Waals surface area (Å²) in [5, 5.41) is 4.02. The summed E-state index contributed by atoms with van der Waals surface area (Å²) < 4.78 is 5.34. The van der Waals surface area contributed by atoms with E-state index in [0.717, 1.165) is 25.0 Å². The van der Waals surface area contributed by atoms with Crippen molar-refractivity contribution < 1.29 is 4.52 Å². The molecule has 0 fully saturated rings. The number of hydrogen-bond acceptors (Lipinski definition) is 5. The monoisotopic (exact) mass is 274 g/mol. The van der Waals surface area contributed by atoms with E-state index in [0.29, 0.717) is 18.1 Å². The van der Waals surface area contributed by atoms with Gasteiger partial charge in [-0.15, -0.1) is 0 Å². The van der Waals surface area contributed by atoms with Crippen molar-refractivity contribution in [3.05, 3.63) is 41.8 Å². The fraction of sp³-hybridized carbons (Fsp3) is 0.533. The second-order valence-electron chi connectivity index (χ2n) is 5.36. The molecule has 2 rings (SSSR count). The smallest absolute Gasteiger partial charge is 0.229 e. The molecule has 0 aliphatic heterocycles. The summed E-state index contributed by atoms with van der Waals surface area (Å²) in [5.41, 5.74) is 6.70. The topological polar surface area (TPSA) is 77.8 Å². The van der Waals surface area contributed by atoms with Crippen molar-refractivity contribution in [1.82, 2.24) is 15.1 Å². The molecule has 2 heterocycles. The molecule has 2 aromatic heterocycles. The zero-order valence-corrected chi connectivity index (χ0v) is 12.1. The zero-order chi connectivity index (χ0) is 14.4. The second kappa shape index (κ2) is 7.14. The van der Waals surface area contributed by atoms with E-state index >= 15 is 0 Å². The van der Waals surface area contributed by atoms with E-state index in [2.05, 4.69) is 22.0 Å². The van der Waals surface area contributed by atoms with Crippen molar-refractivity contribution in [2.45, 2.75) is 51.5 Å². The molecule has 0 bridgehead atoms. The normalized spacial score (nSPS) is 14.2. The number of aromatic nitrogens is 3. The molecule has 0 aliphatic carbocycles. The van der Waals surface area contributed by atoms with Crippen LogP contribution >= 0.6 is 0 Å². The van der Waals surface area contributed by atoms with Gasteiger partial charge in [0.15, 0.2) is 5.82 Å². The average Bonchev–Trinajstić information content (AvgIpc) is 2.88. The van der Waals surface area contributed by atoms with E-state index in [-0.39, 0.29) is 12.0 Å². The van der Waals surface area contributed by atoms with Crippen LogP contribution in [0.3, 0.4) is 0 Å². The van der Waals surface area contributed by atoms with Crippen molar-refractivity contribution in [3.8, 4) is 0 Å². The molecule has 108 valence electrons. The molecular formula is C15H22N4O. The highest BCUT2D eigenvalue weighted by molar-refractivity contribution is 5.09. The molecule has 0 spiro atoms. The van der Waals surface area contributed by atoms with E-state index in [1.54, 1.807) is 6.20 Å². The van der Waals surface area contributed by atoms with Crippen LogP contribution < -0.4 is 5.73 Å². The van der Waals surface area contributed by atoms with E-state index in [1.165, 1.54) is 0 Å². The van der Waals surface area contributed by atoms with Gasteiger partial charge in [0.1, 0.15) is 0 Å². The second-order valence-corrected chi connectivity index (χ2v) is 5.36. The Balaban J connectivity index is 1.88. The standard InChI is InChI=1S/C15H22N4O/c1-11(6-5-7-12(2)16)15-18-14(19-20-15)10-13-8-3-4-9-17-13/h3-4,8-9,11-12H,5-7,10,16H2,1-2H3. The van der Waals surface area contributed by atoms with Crippen molar-refractivity contribution in [2.75, 3.05) is 0 Å². The first-order chi connectivity index (χ1) is 9.65. The maximum Gasteiger partial charge on any atom is 0.229 e. The molecule has 0 radical (unpaired) electrons. The summed E-state index contributed by atoms with van der Waals surface area (Å²) in [7, 11) is 0. The maximum absolute atomic E-state index is 5.75. The van der Waals surface area contributed by atoms with E-state index in [1.807, 2.05) is 25.1 Å². The quantitative estimate of drug-likeness (QED) is 0.839. The van der Waals surface area contributed by atoms with Crippen LogP contribution in [-0.2, 0) is 6.42 Å². The first-order valence-corrected chi connectivity index (χ1v) is 7.13. The summed E-state index contributed by atoms with van der Waals surface area (Å²) in [6.07, 6.45) is 5.51. The third-order valence-corrected chi connectivity index (χ3v) is 3.27. The van der Waals surface area contributed by atoms with Gasteiger partial charge < -0.3 is 10.3 Å². The minimum Gasteiger partial charge on any atom is -0.339 e. The van der Waals surface area contributed by atoms with Crippen LogP contribution in [0.2, 0.25) is 0 Å². The largest absolute Gasteiger partial charge is 0.339 e. The van der Waals surface area contributed by atoms with E-state index < -0.39 is 0 Å². The Morgan fingerprint density at radius 1 is 1.25 bits per heavy atom. The fourth-order valence-corrected chi connectivity index (χ4v) is 2.07. The van der Waals surface area contributed by atoms with Gasteiger partial charge >= 0.3 is 0 Å². The van der Waals surface area contributed by atoms with Gasteiger partial charge in [-0.2, -0.15) is 4.98 Å². The fourth-order valence-electron chi connectivity index (χ4n) is 2.07. The van der Waals surface area contributed by atoms with Crippen LogP contribution in [0.15, 0.2) is 28.9 Å². The third kappa shape index (κ3) is 4.42. The van der Waals surface area contributed by atoms with Gasteiger partial charge in [-0.1, -0.05) is 24.6 Å². The molecule has 0 aliphatic rings. The van der Waals surface area contributed by atoms with Gasteiger partial charge in [0.2, 0.25) is 5.89 Å². The Hall–Kier alpha value is -1.75. The molecule has 0 saturated heterocycles. The highest BCUT2D eigenvalue weighted by Gasteiger charge is 2.14. The van der Waals surface area contributed by atoms with E-state index in [9.17, 15) is 0 Å². The Morgan fingerprint density at radius 3 is 2.80 bits per heavy atom. The van der Waals surface area contributed by atoms with Crippen LogP contribution in [0.5, 0.6) is 0 Å². The maximum atomic E-state index is 5.75. The molecule has 2 N–H and O–H groups in total. The molecule has 2 atom stereocenters. The lowest BCUT2D eigenvalue weighted by Crippen LogP contribution is -2.14. The number of hydrogen-bond donors (Lipinski definition) is 1. The SMILES string of the molecule is CC(N)CCCC(C)c1nc(Cc2ccccn2)no1. The summed E-state index contributed by atoms with van der Waals surface area (Å²) in [5.74, 6) is 1.68. The Labute approximate surface area is 119 Å². The molecule has 2 unspecified atom stereocenters. The molecule has 5 heteroatoms. The van der Waals surface area contributed by atoms with Crippen LogP contribution in [-0.4, -0.2) is 21.2 Å². The summed E-state index contributed by atoms with van der Waals surface area (Å²) in [6, 6.07) is 6.07. The van der Waals surface area contributed by atoms with Gasteiger partial charge in [0.05, 0.1) is 6.42 Å². The molecular weight excluding hydrogens is 252 g/mol. The van der Waals surface area contributed by atoms with Crippen molar-refractivity contribution in [2.24, 2.45) is 5.73 Å². The van der Waals surface area contributed by atoms with Gasteiger partial charge in [0.25, 0.3) is 0 Å². The Morgan fingerprint density at radius 2 is 2.10 bits per heavy atom. The van der Waals surface area contributed by atoms with E-state index in [4.69, 9.17) is 10.3 Å². The Bertz CT molecular complexity index is 510. The number of pyridine rings is 1. The van der Waals surface area contributed by atoms with Crippen LogP contribution in [0.4, 0.5) is 0 Å². The van der Waals surface area contributed by atoms with Crippen molar-refractivity contribution in [3.63, 3.8) is 0 Å². The lowest BCUT2D eigenvalue weighted by atomic mass is 10.0. The van der Waals surface area contributed by atoms with Gasteiger partial charge in [-0.3, -0.25) is 4.98 Å². The van der Waals surface area contributed by atoms with Crippen LogP contribution in [0.25, 0.3) is 0 Å². The van der Waals surface area contributed by atoms with Crippen LogP contribution in [0.1, 0.15) is 56.4 Å². The predicted molar refractivity (Wildman–Crippen MR) is 77.3 cm³/mol. The van der Waals surface area contributed by atoms with Gasteiger partial charge in [-0.25, -0.2) is 0 Å². The highest BCUT2D eigenvalue weighted by Crippen LogP contribution is 2.20. The predicted octanol–water partition coefficient (Wildman–Crippen LogP) is 2.68. The lowest BCUT2D eigenvalue weighted by Gasteiger charge is -2.07. The first-order valence-electron chi connectivity index (χ1n) is 7.13. The summed E-state index contributed by atoms with van der Waals surface area (Å²) in [6.45, 7) is 4.14. The molecule has 5 nitrogen and oxygen atoms in total. The number of nitrogens with two attached hydrogens (primary N) is 1. The van der Waals surface area contributed by atoms with Gasteiger partial charge in [0, 0.05) is 23.9 Å². The molecule has 2 aromatic rings. The van der Waals surface area contributed by atoms with Gasteiger partial charge in [-0.05, 0) is 31.9 Å². The summed E-state index contributed by atoms with van der Waals surface area (Å²) in [4.78, 5) is 8.72. The minimum absolute atomic E-state index is 0.254. The third-order valence-electron chi connectivity index (χ3n) is 3.27.